The van der Waals surface area contributed by atoms with Crippen LogP contribution < -0.4 is 10.1 Å². The topological polar surface area (TPSA) is 53.0 Å². The lowest BCUT2D eigenvalue weighted by Gasteiger charge is -2.23. The molecule has 0 bridgehead atoms. The highest BCUT2D eigenvalue weighted by Gasteiger charge is 2.27. The normalized spacial score (nSPS) is 21.0. The second-order valence-electron chi connectivity index (χ2n) is 7.63. The number of rotatable bonds is 8. The van der Waals surface area contributed by atoms with Gasteiger partial charge in [0.25, 0.3) is 0 Å². The van der Waals surface area contributed by atoms with Crippen LogP contribution in [-0.4, -0.2) is 66.6 Å². The van der Waals surface area contributed by atoms with Gasteiger partial charge in [-0.25, -0.2) is 9.98 Å². The first-order valence-electron chi connectivity index (χ1n) is 10.6. The van der Waals surface area contributed by atoms with Crippen molar-refractivity contribution in [1.29, 1.82) is 0 Å². The molecule has 3 rings (SSSR count). The summed E-state index contributed by atoms with van der Waals surface area (Å²) in [7, 11) is 0. The summed E-state index contributed by atoms with van der Waals surface area (Å²) in [5.74, 6) is 2.50. The summed E-state index contributed by atoms with van der Waals surface area (Å²) in [6, 6.07) is 4.00. The first-order chi connectivity index (χ1) is 13.3. The minimum atomic E-state index is 0.649. The number of aromatic nitrogens is 1. The zero-order valence-corrected chi connectivity index (χ0v) is 17.0. The molecular weight excluding hydrogens is 338 g/mol. The molecule has 0 saturated carbocycles. The minimum absolute atomic E-state index is 0.649. The molecule has 1 aromatic rings. The molecule has 0 amide bonds. The van der Waals surface area contributed by atoms with Gasteiger partial charge in [0.05, 0.1) is 13.2 Å². The fraction of sp³-hybridized carbons (Fsp3) is 0.714. The molecular formula is C21H35N5O. The first-order valence-corrected chi connectivity index (χ1v) is 10.6. The van der Waals surface area contributed by atoms with Gasteiger partial charge in [0.15, 0.2) is 5.96 Å². The van der Waals surface area contributed by atoms with E-state index in [0.29, 0.717) is 19.0 Å². The van der Waals surface area contributed by atoms with Gasteiger partial charge in [-0.05, 0) is 57.2 Å². The predicted molar refractivity (Wildman–Crippen MR) is 110 cm³/mol. The number of nitrogens with zero attached hydrogens (tertiary/aromatic N) is 4. The fourth-order valence-corrected chi connectivity index (χ4v) is 3.89. The number of nitrogens with one attached hydrogen (secondary N) is 1. The van der Waals surface area contributed by atoms with Crippen molar-refractivity contribution in [3.63, 3.8) is 0 Å². The van der Waals surface area contributed by atoms with E-state index < -0.39 is 0 Å². The lowest BCUT2D eigenvalue weighted by molar-refractivity contribution is 0.281. The quantitative estimate of drug-likeness (QED) is 0.561. The van der Waals surface area contributed by atoms with Crippen molar-refractivity contribution in [3.05, 3.63) is 23.9 Å². The molecule has 0 radical (unpaired) electrons. The van der Waals surface area contributed by atoms with Gasteiger partial charge in [-0.2, -0.15) is 0 Å². The number of ether oxygens (including phenoxy) is 1. The maximum Gasteiger partial charge on any atom is 0.213 e. The molecule has 6 heteroatoms. The first kappa shape index (κ1) is 19.9. The fourth-order valence-electron chi connectivity index (χ4n) is 3.89. The third-order valence-corrected chi connectivity index (χ3v) is 5.30. The van der Waals surface area contributed by atoms with E-state index >= 15 is 0 Å². The maximum absolute atomic E-state index is 5.55. The number of hydrogen-bond donors (Lipinski definition) is 1. The van der Waals surface area contributed by atoms with E-state index in [2.05, 4.69) is 40.0 Å². The van der Waals surface area contributed by atoms with Crippen LogP contribution in [0, 0.1) is 5.92 Å². The van der Waals surface area contributed by atoms with Crippen LogP contribution in [0.15, 0.2) is 23.3 Å². The summed E-state index contributed by atoms with van der Waals surface area (Å²) in [4.78, 5) is 14.3. The Morgan fingerprint density at radius 1 is 1.26 bits per heavy atom. The second kappa shape index (κ2) is 10.5. The van der Waals surface area contributed by atoms with Crippen LogP contribution in [0.2, 0.25) is 0 Å². The van der Waals surface area contributed by atoms with E-state index in [-0.39, 0.29) is 0 Å². The standard InChI is InChI=1S/C21H35N5O/c1-3-13-27-20-8-7-18(14-23-20)15-24-21(22-4-2)26-12-9-19(17-26)16-25-10-5-6-11-25/h7-8,14,19H,3-6,9-13,15-17H2,1-2H3,(H,22,24). The highest BCUT2D eigenvalue weighted by atomic mass is 16.5. The van der Waals surface area contributed by atoms with Crippen LogP contribution >= 0.6 is 0 Å². The average molecular weight is 374 g/mol. The van der Waals surface area contributed by atoms with Crippen molar-refractivity contribution in [2.45, 2.75) is 46.1 Å². The van der Waals surface area contributed by atoms with E-state index in [4.69, 9.17) is 9.73 Å². The molecule has 1 N–H and O–H groups in total. The lowest BCUT2D eigenvalue weighted by atomic mass is 10.1. The zero-order valence-electron chi connectivity index (χ0n) is 17.0. The summed E-state index contributed by atoms with van der Waals surface area (Å²) < 4.78 is 5.55. The summed E-state index contributed by atoms with van der Waals surface area (Å²) in [6.45, 7) is 12.5. The van der Waals surface area contributed by atoms with Gasteiger partial charge in [-0.3, -0.25) is 0 Å². The van der Waals surface area contributed by atoms with Gasteiger partial charge < -0.3 is 19.9 Å². The summed E-state index contributed by atoms with van der Waals surface area (Å²) in [5, 5.41) is 3.47. The monoisotopic (exact) mass is 373 g/mol. The van der Waals surface area contributed by atoms with Crippen LogP contribution in [0.1, 0.15) is 45.1 Å². The van der Waals surface area contributed by atoms with Crippen molar-refractivity contribution in [3.8, 4) is 5.88 Å². The van der Waals surface area contributed by atoms with Crippen molar-refractivity contribution in [2.24, 2.45) is 10.9 Å². The molecule has 1 atom stereocenters. The Hall–Kier alpha value is -1.82. The molecule has 27 heavy (non-hydrogen) atoms. The smallest absolute Gasteiger partial charge is 0.213 e. The Morgan fingerprint density at radius 2 is 2.11 bits per heavy atom. The number of hydrogen-bond acceptors (Lipinski definition) is 4. The number of likely N-dealkylation sites (tertiary alicyclic amines) is 2. The predicted octanol–water partition coefficient (Wildman–Crippen LogP) is 2.75. The van der Waals surface area contributed by atoms with E-state index in [0.717, 1.165) is 43.5 Å². The Morgan fingerprint density at radius 3 is 2.81 bits per heavy atom. The number of aliphatic imine (C=N–C) groups is 1. The van der Waals surface area contributed by atoms with Gasteiger partial charge >= 0.3 is 0 Å². The van der Waals surface area contributed by atoms with Gasteiger partial charge in [0.1, 0.15) is 0 Å². The van der Waals surface area contributed by atoms with Gasteiger partial charge in [0, 0.05) is 38.4 Å². The highest BCUT2D eigenvalue weighted by Crippen LogP contribution is 2.20. The largest absolute Gasteiger partial charge is 0.478 e. The van der Waals surface area contributed by atoms with E-state index in [9.17, 15) is 0 Å². The zero-order chi connectivity index (χ0) is 18.9. The van der Waals surface area contributed by atoms with Gasteiger partial charge in [-0.1, -0.05) is 13.0 Å². The molecule has 0 spiro atoms. The Labute approximate surface area is 164 Å². The minimum Gasteiger partial charge on any atom is -0.478 e. The van der Waals surface area contributed by atoms with Crippen molar-refractivity contribution in [1.82, 2.24) is 20.1 Å². The number of guanidine groups is 1. The van der Waals surface area contributed by atoms with Crippen molar-refractivity contribution >= 4 is 5.96 Å². The molecule has 2 fully saturated rings. The van der Waals surface area contributed by atoms with Crippen molar-refractivity contribution < 1.29 is 4.74 Å². The molecule has 2 aliphatic heterocycles. The number of pyridine rings is 1. The summed E-state index contributed by atoms with van der Waals surface area (Å²) >= 11 is 0. The molecule has 0 aromatic carbocycles. The summed E-state index contributed by atoms with van der Waals surface area (Å²) in [5.41, 5.74) is 1.11. The van der Waals surface area contributed by atoms with Crippen LogP contribution in [0.3, 0.4) is 0 Å². The Balaban J connectivity index is 1.53. The Kier molecular flexibility index (Phi) is 7.75. The molecule has 1 aromatic heterocycles. The van der Waals surface area contributed by atoms with Crippen LogP contribution in [0.25, 0.3) is 0 Å². The SMILES string of the molecule is CCCOc1ccc(CN=C(NCC)N2CCC(CN3CCCC3)C2)cn1. The van der Waals surface area contributed by atoms with E-state index in [1.54, 1.807) is 0 Å². The lowest BCUT2D eigenvalue weighted by Crippen LogP contribution is -2.40. The third kappa shape index (κ3) is 6.09. The maximum atomic E-state index is 5.55. The van der Waals surface area contributed by atoms with Gasteiger partial charge in [0.2, 0.25) is 5.88 Å². The van der Waals surface area contributed by atoms with Crippen LogP contribution in [0.4, 0.5) is 0 Å². The van der Waals surface area contributed by atoms with Crippen LogP contribution in [-0.2, 0) is 6.54 Å². The average Bonchev–Trinajstić information content (AvgIpc) is 3.37. The molecule has 3 heterocycles. The Bertz CT molecular complexity index is 583. The van der Waals surface area contributed by atoms with E-state index in [1.165, 1.54) is 38.9 Å². The second-order valence-corrected chi connectivity index (χ2v) is 7.63. The van der Waals surface area contributed by atoms with Crippen molar-refractivity contribution in [2.75, 3.05) is 45.9 Å². The summed E-state index contributed by atoms with van der Waals surface area (Å²) in [6.07, 6.45) is 6.88. The molecule has 1 unspecified atom stereocenters. The van der Waals surface area contributed by atoms with E-state index in [1.807, 2.05) is 12.3 Å². The highest BCUT2D eigenvalue weighted by molar-refractivity contribution is 5.80. The molecule has 0 aliphatic carbocycles. The van der Waals surface area contributed by atoms with Gasteiger partial charge in [-0.15, -0.1) is 0 Å². The van der Waals surface area contributed by atoms with Crippen LogP contribution in [0.5, 0.6) is 5.88 Å². The molecule has 6 nitrogen and oxygen atoms in total. The molecule has 150 valence electrons. The third-order valence-electron chi connectivity index (χ3n) is 5.30. The molecule has 2 saturated heterocycles. The molecule has 2 aliphatic rings.